The van der Waals surface area contributed by atoms with Gasteiger partial charge in [-0.3, -0.25) is 0 Å². The van der Waals surface area contributed by atoms with Crippen molar-refractivity contribution in [2.24, 2.45) is 0 Å². The van der Waals surface area contributed by atoms with Crippen LogP contribution in [0.2, 0.25) is 0 Å². The summed E-state index contributed by atoms with van der Waals surface area (Å²) in [5, 5.41) is 47.6. The number of hydrogen-bond acceptors (Lipinski definition) is 8. The fraction of sp³-hybridized carbons (Fsp3) is 0.889. The van der Waals surface area contributed by atoms with Gasteiger partial charge in [0.2, 0.25) is 0 Å². The highest BCUT2D eigenvalue weighted by Gasteiger charge is 2.44. The van der Waals surface area contributed by atoms with E-state index in [4.69, 9.17) is 14.6 Å². The van der Waals surface area contributed by atoms with Crippen molar-refractivity contribution in [3.05, 3.63) is 0 Å². The molecule has 0 aromatic heterocycles. The highest BCUT2D eigenvalue weighted by Crippen LogP contribution is 2.22. The summed E-state index contributed by atoms with van der Waals surface area (Å²) >= 11 is 0. The van der Waals surface area contributed by atoms with Crippen LogP contribution in [0.3, 0.4) is 0 Å². The monoisotopic (exact) mass is 251 g/mol. The molecule has 1 aliphatic heterocycles. The van der Waals surface area contributed by atoms with Gasteiger partial charge in [0.05, 0.1) is 18.7 Å². The second-order valence-corrected chi connectivity index (χ2v) is 3.79. The van der Waals surface area contributed by atoms with Gasteiger partial charge in [-0.1, -0.05) is 0 Å². The number of aliphatic hydroxyl groups excluding tert-OH is 4. The van der Waals surface area contributed by atoms with E-state index in [1.165, 1.54) is 0 Å². The Labute approximate surface area is 97.0 Å². The molecule has 1 aliphatic rings. The molecule has 0 aromatic carbocycles. The molecule has 1 heterocycles. The summed E-state index contributed by atoms with van der Waals surface area (Å²) in [5.74, 6) is -1.51. The molecular weight excluding hydrogens is 236 g/mol. The van der Waals surface area contributed by atoms with E-state index in [0.717, 1.165) is 6.92 Å². The first-order valence-corrected chi connectivity index (χ1v) is 5.05. The Morgan fingerprint density at radius 2 is 1.94 bits per heavy atom. The van der Waals surface area contributed by atoms with Gasteiger partial charge < -0.3 is 39.8 Å². The minimum atomic E-state index is -1.62. The van der Waals surface area contributed by atoms with E-state index in [2.05, 4.69) is 0 Å². The van der Waals surface area contributed by atoms with Crippen LogP contribution in [-0.2, 0) is 14.3 Å². The largest absolute Gasteiger partial charge is 0.547 e. The number of carboxylic acids is 1. The molecule has 0 amide bonds. The molecule has 17 heavy (non-hydrogen) atoms. The van der Waals surface area contributed by atoms with Crippen molar-refractivity contribution >= 4 is 5.97 Å². The molecule has 100 valence electrons. The molecule has 0 radical (unpaired) electrons. The second kappa shape index (κ2) is 5.71. The molecule has 0 bridgehead atoms. The van der Waals surface area contributed by atoms with Gasteiger partial charge >= 0.3 is 0 Å². The molecule has 1 fully saturated rings. The van der Waals surface area contributed by atoms with Crippen molar-refractivity contribution in [1.29, 1.82) is 0 Å². The molecule has 1 rings (SSSR count). The zero-order chi connectivity index (χ0) is 13.2. The zero-order valence-corrected chi connectivity index (χ0v) is 9.09. The molecular formula is C9H15O8-. The number of carboxylic acid groups (broad SMARTS) is 1. The lowest BCUT2D eigenvalue weighted by atomic mass is 9.99. The smallest absolute Gasteiger partial charge is 0.187 e. The summed E-state index contributed by atoms with van der Waals surface area (Å²) < 4.78 is 9.73. The molecule has 2 unspecified atom stereocenters. The van der Waals surface area contributed by atoms with Crippen LogP contribution in [0.15, 0.2) is 0 Å². The minimum Gasteiger partial charge on any atom is -0.547 e. The van der Waals surface area contributed by atoms with Crippen LogP contribution >= 0.6 is 0 Å². The van der Waals surface area contributed by atoms with Gasteiger partial charge in [0.1, 0.15) is 24.4 Å². The van der Waals surface area contributed by atoms with Gasteiger partial charge in [-0.05, 0) is 6.92 Å². The van der Waals surface area contributed by atoms with Crippen LogP contribution in [0, 0.1) is 0 Å². The van der Waals surface area contributed by atoms with Gasteiger partial charge in [0.15, 0.2) is 6.29 Å². The fourth-order valence-corrected chi connectivity index (χ4v) is 1.44. The van der Waals surface area contributed by atoms with Crippen LogP contribution in [0.5, 0.6) is 0 Å². The van der Waals surface area contributed by atoms with Crippen molar-refractivity contribution < 1.29 is 39.8 Å². The Balaban J connectivity index is 2.68. The minimum absolute atomic E-state index is 0.607. The summed E-state index contributed by atoms with van der Waals surface area (Å²) in [6.45, 7) is 0.557. The lowest BCUT2D eigenvalue weighted by molar-refractivity contribution is -0.340. The molecule has 0 aliphatic carbocycles. The van der Waals surface area contributed by atoms with E-state index < -0.39 is 49.4 Å². The topological polar surface area (TPSA) is 140 Å². The number of hydrogen-bond donors (Lipinski definition) is 4. The van der Waals surface area contributed by atoms with Gasteiger partial charge in [0.25, 0.3) is 0 Å². The molecule has 8 nitrogen and oxygen atoms in total. The van der Waals surface area contributed by atoms with E-state index >= 15 is 0 Å². The summed E-state index contributed by atoms with van der Waals surface area (Å²) in [7, 11) is 0. The number of carbonyl (C=O) groups is 1. The summed E-state index contributed by atoms with van der Waals surface area (Å²) in [6, 6.07) is 0. The maximum Gasteiger partial charge on any atom is 0.187 e. The van der Waals surface area contributed by atoms with Crippen molar-refractivity contribution in [3.8, 4) is 0 Å². The maximum atomic E-state index is 10.4. The first kappa shape index (κ1) is 14.3. The van der Waals surface area contributed by atoms with E-state index in [-0.39, 0.29) is 0 Å². The highest BCUT2D eigenvalue weighted by atomic mass is 16.7. The molecule has 4 N–H and O–H groups in total. The van der Waals surface area contributed by atoms with Crippen LogP contribution in [0.4, 0.5) is 0 Å². The average Bonchev–Trinajstić information content (AvgIpc) is 2.29. The van der Waals surface area contributed by atoms with Gasteiger partial charge in [0, 0.05) is 0 Å². The van der Waals surface area contributed by atoms with Gasteiger partial charge in [-0.2, -0.15) is 0 Å². The standard InChI is InChI=1S/C9H16O8/c1-3(8(14)15)16-9-7(13)6(12)5(11)4(2-10)17-9/h3-7,9-13H,2H2,1H3,(H,14,15)/p-1/t3-,4?,5+,6-,7?,9+/m0/s1. The molecule has 6 atom stereocenters. The van der Waals surface area contributed by atoms with Crippen molar-refractivity contribution in [3.63, 3.8) is 0 Å². The summed E-state index contributed by atoms with van der Waals surface area (Å²) in [4.78, 5) is 10.4. The van der Waals surface area contributed by atoms with E-state index in [1.54, 1.807) is 0 Å². The van der Waals surface area contributed by atoms with E-state index in [1.807, 2.05) is 0 Å². The van der Waals surface area contributed by atoms with Gasteiger partial charge in [-0.25, -0.2) is 0 Å². The van der Waals surface area contributed by atoms with Crippen LogP contribution in [0.25, 0.3) is 0 Å². The Morgan fingerprint density at radius 1 is 1.35 bits per heavy atom. The molecule has 8 heteroatoms. The molecule has 0 saturated carbocycles. The first-order valence-electron chi connectivity index (χ1n) is 5.05. The number of carbonyl (C=O) groups excluding carboxylic acids is 1. The zero-order valence-electron chi connectivity index (χ0n) is 9.09. The third-order valence-electron chi connectivity index (χ3n) is 2.52. The third-order valence-corrected chi connectivity index (χ3v) is 2.52. The van der Waals surface area contributed by atoms with E-state index in [9.17, 15) is 25.2 Å². The molecule has 0 aromatic rings. The summed E-state index contributed by atoms with van der Waals surface area (Å²) in [5.41, 5.74) is 0. The maximum absolute atomic E-state index is 10.4. The Bertz CT molecular complexity index is 268. The van der Waals surface area contributed by atoms with Crippen molar-refractivity contribution in [2.75, 3.05) is 6.61 Å². The predicted molar refractivity (Wildman–Crippen MR) is 49.3 cm³/mol. The number of aliphatic hydroxyl groups is 4. The second-order valence-electron chi connectivity index (χ2n) is 3.79. The van der Waals surface area contributed by atoms with Crippen molar-refractivity contribution in [2.45, 2.75) is 43.7 Å². The Kier molecular flexibility index (Phi) is 4.80. The lowest BCUT2D eigenvalue weighted by Gasteiger charge is -2.40. The fourth-order valence-electron chi connectivity index (χ4n) is 1.44. The van der Waals surface area contributed by atoms with Crippen molar-refractivity contribution in [1.82, 2.24) is 0 Å². The average molecular weight is 251 g/mol. The predicted octanol–water partition coefficient (Wildman–Crippen LogP) is -4.06. The first-order chi connectivity index (χ1) is 7.88. The summed E-state index contributed by atoms with van der Waals surface area (Å²) in [6.07, 6.45) is -8.68. The Hall–Kier alpha value is -0.770. The van der Waals surface area contributed by atoms with Crippen LogP contribution in [0.1, 0.15) is 6.92 Å². The molecule has 1 saturated heterocycles. The van der Waals surface area contributed by atoms with Crippen LogP contribution in [-0.4, -0.2) is 69.8 Å². The van der Waals surface area contributed by atoms with E-state index in [0.29, 0.717) is 0 Å². The van der Waals surface area contributed by atoms with Crippen LogP contribution < -0.4 is 5.11 Å². The number of ether oxygens (including phenoxy) is 2. The highest BCUT2D eigenvalue weighted by molar-refractivity contribution is 5.69. The SMILES string of the molecule is C[C@H](O[C@@H]1OC(CO)[C@@H](O)[C@H](O)C1O)C(=O)[O-]. The molecule has 0 spiro atoms. The van der Waals surface area contributed by atoms with Gasteiger partial charge in [-0.15, -0.1) is 0 Å². The number of rotatable bonds is 4. The quantitative estimate of drug-likeness (QED) is 0.395. The Morgan fingerprint density at radius 3 is 2.41 bits per heavy atom. The normalized spacial score (nSPS) is 39.9. The third kappa shape index (κ3) is 3.12. The lowest BCUT2D eigenvalue weighted by Crippen LogP contribution is -2.60. The number of aliphatic carboxylic acids is 1.